The van der Waals surface area contributed by atoms with Gasteiger partial charge in [0.2, 0.25) is 0 Å². The van der Waals surface area contributed by atoms with Gasteiger partial charge in [0.15, 0.2) is 0 Å². The van der Waals surface area contributed by atoms with Crippen LogP contribution in [0.2, 0.25) is 0 Å². The van der Waals surface area contributed by atoms with E-state index in [-0.39, 0.29) is 0 Å². The molecule has 0 aromatic heterocycles. The highest BCUT2D eigenvalue weighted by atomic mass is 79.9. The Balaban J connectivity index is 3.26. The lowest BCUT2D eigenvalue weighted by Gasteiger charge is -2.07. The second-order valence-electron chi connectivity index (χ2n) is 2.70. The largest absolute Gasteiger partial charge is 0.0990 e. The zero-order valence-corrected chi connectivity index (χ0v) is 10.8. The molecule has 14 heavy (non-hydrogen) atoms. The van der Waals surface area contributed by atoms with Gasteiger partial charge in [0.05, 0.1) is 0 Å². The van der Waals surface area contributed by atoms with Crippen molar-refractivity contribution < 1.29 is 0 Å². The summed E-state index contributed by atoms with van der Waals surface area (Å²) in [6.07, 6.45) is 3.68. The van der Waals surface area contributed by atoms with Gasteiger partial charge in [-0.05, 0) is 17.2 Å². The van der Waals surface area contributed by atoms with Crippen LogP contribution in [0.25, 0.3) is 5.57 Å². The van der Waals surface area contributed by atoms with E-state index in [9.17, 15) is 0 Å². The Morgan fingerprint density at radius 1 is 1.29 bits per heavy atom. The number of hydrogen-bond acceptors (Lipinski definition) is 0. The van der Waals surface area contributed by atoms with Crippen LogP contribution in [-0.4, -0.2) is 0 Å². The number of hydrogen-bond donors (Lipinski definition) is 0. The SMILES string of the molecule is C=C/C=C(\C(=C)Br)c1ccccc1Br. The lowest BCUT2D eigenvalue weighted by Crippen LogP contribution is -1.84. The molecule has 0 radical (unpaired) electrons. The molecule has 0 aliphatic carbocycles. The minimum atomic E-state index is 0.851. The Hall–Kier alpha value is -0.600. The summed E-state index contributed by atoms with van der Waals surface area (Å²) in [5.41, 5.74) is 2.14. The third-order valence-corrected chi connectivity index (χ3v) is 2.86. The average molecular weight is 314 g/mol. The number of benzene rings is 1. The van der Waals surface area contributed by atoms with E-state index in [0.717, 1.165) is 20.1 Å². The van der Waals surface area contributed by atoms with Gasteiger partial charge >= 0.3 is 0 Å². The molecular formula is C12H10Br2. The molecule has 0 nitrogen and oxygen atoms in total. The van der Waals surface area contributed by atoms with Crippen LogP contribution in [0.1, 0.15) is 5.56 Å². The molecule has 1 aromatic carbocycles. The molecule has 0 saturated heterocycles. The van der Waals surface area contributed by atoms with Crippen molar-refractivity contribution in [2.24, 2.45) is 0 Å². The Kier molecular flexibility index (Phi) is 4.36. The summed E-state index contributed by atoms with van der Waals surface area (Å²) in [5.74, 6) is 0. The molecule has 72 valence electrons. The van der Waals surface area contributed by atoms with E-state index in [1.54, 1.807) is 6.08 Å². The third kappa shape index (κ3) is 2.69. The fourth-order valence-electron chi connectivity index (χ4n) is 1.12. The van der Waals surface area contributed by atoms with Crippen LogP contribution in [0.3, 0.4) is 0 Å². The van der Waals surface area contributed by atoms with Gasteiger partial charge in [0.25, 0.3) is 0 Å². The molecule has 0 aliphatic rings. The van der Waals surface area contributed by atoms with E-state index in [4.69, 9.17) is 0 Å². The van der Waals surface area contributed by atoms with Gasteiger partial charge in [-0.25, -0.2) is 0 Å². The van der Waals surface area contributed by atoms with Crippen LogP contribution in [0, 0.1) is 0 Å². The molecule has 0 amide bonds. The van der Waals surface area contributed by atoms with Crippen molar-refractivity contribution in [3.05, 3.63) is 64.1 Å². The Morgan fingerprint density at radius 3 is 2.43 bits per heavy atom. The fraction of sp³-hybridized carbons (Fsp3) is 0. The topological polar surface area (TPSA) is 0 Å². The zero-order valence-electron chi connectivity index (χ0n) is 7.63. The average Bonchev–Trinajstić information content (AvgIpc) is 2.15. The molecule has 0 heterocycles. The monoisotopic (exact) mass is 312 g/mol. The van der Waals surface area contributed by atoms with E-state index in [1.165, 1.54) is 0 Å². The number of allylic oxidation sites excluding steroid dienone is 4. The first-order valence-electron chi connectivity index (χ1n) is 4.09. The third-order valence-electron chi connectivity index (χ3n) is 1.74. The van der Waals surface area contributed by atoms with Crippen molar-refractivity contribution in [3.63, 3.8) is 0 Å². The zero-order chi connectivity index (χ0) is 10.6. The summed E-state index contributed by atoms with van der Waals surface area (Å²) >= 11 is 6.88. The molecule has 1 aromatic rings. The summed E-state index contributed by atoms with van der Waals surface area (Å²) < 4.78 is 1.90. The number of rotatable bonds is 3. The van der Waals surface area contributed by atoms with Crippen molar-refractivity contribution in [3.8, 4) is 0 Å². The quantitative estimate of drug-likeness (QED) is 0.694. The van der Waals surface area contributed by atoms with Crippen LogP contribution in [-0.2, 0) is 0 Å². The lowest BCUT2D eigenvalue weighted by molar-refractivity contribution is 1.56. The first-order valence-corrected chi connectivity index (χ1v) is 5.68. The fourth-order valence-corrected chi connectivity index (χ4v) is 1.97. The molecule has 0 saturated carbocycles. The molecule has 0 bridgehead atoms. The van der Waals surface area contributed by atoms with Crippen molar-refractivity contribution >= 4 is 37.4 Å². The molecule has 2 heteroatoms. The van der Waals surface area contributed by atoms with Gasteiger partial charge in [0.1, 0.15) is 0 Å². The highest BCUT2D eigenvalue weighted by molar-refractivity contribution is 9.12. The summed E-state index contributed by atoms with van der Waals surface area (Å²) in [5, 5.41) is 0. The first-order chi connectivity index (χ1) is 6.66. The van der Waals surface area contributed by atoms with Gasteiger partial charge in [-0.3, -0.25) is 0 Å². The summed E-state index contributed by atoms with van der Waals surface area (Å²) in [7, 11) is 0. The molecular weight excluding hydrogens is 304 g/mol. The van der Waals surface area contributed by atoms with Gasteiger partial charge in [-0.2, -0.15) is 0 Å². The Labute approximate surface area is 101 Å². The summed E-state index contributed by atoms with van der Waals surface area (Å²) in [6, 6.07) is 8.01. The molecule has 0 spiro atoms. The highest BCUT2D eigenvalue weighted by Gasteiger charge is 2.05. The second kappa shape index (κ2) is 5.32. The minimum Gasteiger partial charge on any atom is -0.0990 e. The smallest absolute Gasteiger partial charge is 0.0254 e. The number of halogens is 2. The van der Waals surface area contributed by atoms with Gasteiger partial charge < -0.3 is 0 Å². The molecule has 0 N–H and O–H groups in total. The van der Waals surface area contributed by atoms with Crippen LogP contribution in [0.4, 0.5) is 0 Å². The Bertz CT molecular complexity index is 389. The molecule has 0 atom stereocenters. The van der Waals surface area contributed by atoms with E-state index in [1.807, 2.05) is 30.3 Å². The first kappa shape index (κ1) is 11.5. The van der Waals surface area contributed by atoms with Crippen LogP contribution in [0.5, 0.6) is 0 Å². The van der Waals surface area contributed by atoms with E-state index < -0.39 is 0 Å². The summed E-state index contributed by atoms with van der Waals surface area (Å²) in [6.45, 7) is 7.56. The van der Waals surface area contributed by atoms with Crippen LogP contribution < -0.4 is 0 Å². The normalized spacial score (nSPS) is 11.1. The van der Waals surface area contributed by atoms with Crippen molar-refractivity contribution in [2.45, 2.75) is 0 Å². The van der Waals surface area contributed by atoms with Crippen LogP contribution >= 0.6 is 31.9 Å². The molecule has 0 aliphatic heterocycles. The maximum Gasteiger partial charge on any atom is 0.0254 e. The van der Waals surface area contributed by atoms with E-state index in [0.29, 0.717) is 0 Å². The minimum absolute atomic E-state index is 0.851. The van der Waals surface area contributed by atoms with Crippen molar-refractivity contribution in [2.75, 3.05) is 0 Å². The van der Waals surface area contributed by atoms with Gasteiger partial charge in [0, 0.05) is 8.96 Å². The van der Waals surface area contributed by atoms with Gasteiger partial charge in [-0.1, -0.05) is 75.4 Å². The maximum atomic E-state index is 3.87. The molecule has 0 unspecified atom stereocenters. The molecule has 0 fully saturated rings. The standard InChI is InChI=1S/C12H10Br2/c1-3-6-10(9(2)13)11-7-4-5-8-12(11)14/h3-8H,1-2H2/b10-6+. The van der Waals surface area contributed by atoms with Crippen molar-refractivity contribution in [1.82, 2.24) is 0 Å². The van der Waals surface area contributed by atoms with Gasteiger partial charge in [-0.15, -0.1) is 0 Å². The second-order valence-corrected chi connectivity index (χ2v) is 4.51. The van der Waals surface area contributed by atoms with E-state index in [2.05, 4.69) is 45.0 Å². The lowest BCUT2D eigenvalue weighted by atomic mass is 10.1. The van der Waals surface area contributed by atoms with Crippen LogP contribution in [0.15, 0.2) is 58.5 Å². The van der Waals surface area contributed by atoms with E-state index >= 15 is 0 Å². The highest BCUT2D eigenvalue weighted by Crippen LogP contribution is 2.31. The predicted octanol–water partition coefficient (Wildman–Crippen LogP) is 4.93. The summed E-state index contributed by atoms with van der Waals surface area (Å²) in [4.78, 5) is 0. The van der Waals surface area contributed by atoms with Crippen molar-refractivity contribution in [1.29, 1.82) is 0 Å². The molecule has 1 rings (SSSR count). The maximum absolute atomic E-state index is 3.87. The predicted molar refractivity (Wildman–Crippen MR) is 70.4 cm³/mol. The Morgan fingerprint density at radius 2 is 1.93 bits per heavy atom.